The molecule has 3 aliphatic rings. The Morgan fingerprint density at radius 1 is 0.909 bits per heavy atom. The van der Waals surface area contributed by atoms with Gasteiger partial charge in [-0.25, -0.2) is 4.98 Å². The van der Waals surface area contributed by atoms with Gasteiger partial charge in [0, 0.05) is 40.7 Å². The molecule has 1 saturated carbocycles. The van der Waals surface area contributed by atoms with Crippen molar-refractivity contribution in [2.45, 2.75) is 71.3 Å². The molecule has 0 bridgehead atoms. The van der Waals surface area contributed by atoms with Gasteiger partial charge in [0.15, 0.2) is 5.13 Å². The Bertz CT molecular complexity index is 2190. The maximum absolute atomic E-state index is 13.3. The molecule has 2 fully saturated rings. The highest BCUT2D eigenvalue weighted by Crippen LogP contribution is 2.35. The molecule has 0 radical (unpaired) electrons. The number of aromatic nitrogens is 1. The molecule has 3 aromatic carbocycles. The highest BCUT2D eigenvalue weighted by molar-refractivity contribution is 7.16. The van der Waals surface area contributed by atoms with Crippen LogP contribution in [0.1, 0.15) is 81.7 Å². The number of aryl methyl sites for hydroxylation is 2. The quantitative estimate of drug-likeness (QED) is 0.0834. The number of imide groups is 2. The van der Waals surface area contributed by atoms with Crippen molar-refractivity contribution < 1.29 is 33.5 Å². The normalized spacial score (nSPS) is 16.5. The monoisotopic (exact) mass is 762 g/mol. The van der Waals surface area contributed by atoms with Gasteiger partial charge in [-0.1, -0.05) is 24.3 Å². The van der Waals surface area contributed by atoms with E-state index >= 15 is 0 Å². The lowest BCUT2D eigenvalue weighted by Crippen LogP contribution is -2.54. The molecule has 13 nitrogen and oxygen atoms in total. The summed E-state index contributed by atoms with van der Waals surface area (Å²) < 4.78 is 5.98. The maximum Gasteiger partial charge on any atom is 0.264 e. The number of unbranched alkanes of at least 4 members (excludes halogenated alkanes) is 2. The minimum atomic E-state index is -1.01. The van der Waals surface area contributed by atoms with Gasteiger partial charge in [0.1, 0.15) is 11.8 Å². The lowest BCUT2D eigenvalue weighted by Gasteiger charge is -2.27. The second-order valence-electron chi connectivity index (χ2n) is 14.1. The Balaban J connectivity index is 0.841. The van der Waals surface area contributed by atoms with E-state index in [9.17, 15) is 28.8 Å². The third-order valence-electron chi connectivity index (χ3n) is 9.89. The molecule has 1 saturated heterocycles. The first kappa shape index (κ1) is 37.4. The Kier molecular flexibility index (Phi) is 11.0. The predicted octanol–water partition coefficient (Wildman–Crippen LogP) is 6.02. The fourth-order valence-corrected chi connectivity index (χ4v) is 7.67. The number of benzene rings is 3. The van der Waals surface area contributed by atoms with Crippen molar-refractivity contribution in [3.63, 3.8) is 0 Å². The number of carbonyl (C=O) groups is 6. The molecule has 1 aliphatic carbocycles. The number of amides is 6. The van der Waals surface area contributed by atoms with Crippen molar-refractivity contribution in [3.8, 4) is 17.0 Å². The van der Waals surface area contributed by atoms with Crippen LogP contribution in [0.15, 0.2) is 60.7 Å². The number of ether oxygens (including phenoxy) is 1. The smallest absolute Gasteiger partial charge is 0.264 e. The first-order chi connectivity index (χ1) is 26.5. The van der Waals surface area contributed by atoms with E-state index < -0.39 is 29.7 Å². The number of carbonyl (C=O) groups excluding carboxylic acids is 6. The number of hydrogen-bond donors (Lipinski definition) is 4. The first-order valence-corrected chi connectivity index (χ1v) is 19.4. The van der Waals surface area contributed by atoms with Crippen molar-refractivity contribution in [3.05, 3.63) is 87.8 Å². The van der Waals surface area contributed by atoms with Gasteiger partial charge in [0.2, 0.25) is 23.6 Å². The molecule has 1 unspecified atom stereocenters. The van der Waals surface area contributed by atoms with E-state index in [1.54, 1.807) is 18.2 Å². The predicted molar refractivity (Wildman–Crippen MR) is 208 cm³/mol. The van der Waals surface area contributed by atoms with Crippen molar-refractivity contribution in [2.24, 2.45) is 5.92 Å². The Labute approximate surface area is 322 Å². The van der Waals surface area contributed by atoms with Gasteiger partial charge < -0.3 is 20.7 Å². The number of rotatable bonds is 15. The number of thiazole rings is 1. The third-order valence-corrected chi connectivity index (χ3v) is 10.8. The van der Waals surface area contributed by atoms with Gasteiger partial charge in [-0.3, -0.25) is 39.0 Å². The molecule has 2 aliphatic heterocycles. The summed E-state index contributed by atoms with van der Waals surface area (Å²) in [6.45, 7) is 4.98. The number of nitrogens with one attached hydrogen (secondary N) is 4. The number of piperidine rings is 1. The highest BCUT2D eigenvalue weighted by atomic mass is 32.1. The Morgan fingerprint density at radius 3 is 2.51 bits per heavy atom. The van der Waals surface area contributed by atoms with Crippen molar-refractivity contribution in [1.82, 2.24) is 15.2 Å². The number of hydrogen-bond acceptors (Lipinski definition) is 10. The molecule has 55 heavy (non-hydrogen) atoms. The summed E-state index contributed by atoms with van der Waals surface area (Å²) in [6.07, 6.45) is 4.64. The SMILES string of the molecule is Cc1cc(-c2nc(NC(=O)Cc3cccc(OCCCCCNc4cccc5c4C(=O)N(C4CCC(=O)NC4=O)C5=O)c3)sc2C)ccc1NC(=O)C1CC1. The van der Waals surface area contributed by atoms with Crippen LogP contribution in [0.2, 0.25) is 0 Å². The van der Waals surface area contributed by atoms with Gasteiger partial charge in [-0.05, 0) is 99.9 Å². The van der Waals surface area contributed by atoms with Crippen LogP contribution in [-0.2, 0) is 25.6 Å². The van der Waals surface area contributed by atoms with Crippen LogP contribution in [-0.4, -0.2) is 64.5 Å². The zero-order chi connectivity index (χ0) is 38.6. The van der Waals surface area contributed by atoms with Crippen LogP contribution in [0.4, 0.5) is 16.5 Å². The summed E-state index contributed by atoms with van der Waals surface area (Å²) in [5.74, 6) is -1.43. The fraction of sp³-hybridized carbons (Fsp3) is 0.341. The van der Waals surface area contributed by atoms with E-state index in [0.29, 0.717) is 29.7 Å². The molecule has 4 N–H and O–H groups in total. The van der Waals surface area contributed by atoms with Crippen LogP contribution in [0, 0.1) is 19.8 Å². The van der Waals surface area contributed by atoms with Crippen molar-refractivity contribution >= 4 is 63.3 Å². The molecule has 0 spiro atoms. The minimum Gasteiger partial charge on any atom is -0.494 e. The van der Waals surface area contributed by atoms with Crippen molar-refractivity contribution in [2.75, 3.05) is 29.1 Å². The molecule has 4 aromatic rings. The van der Waals surface area contributed by atoms with Crippen LogP contribution < -0.4 is 26.0 Å². The van der Waals surface area contributed by atoms with Crippen molar-refractivity contribution in [1.29, 1.82) is 0 Å². The standard InChI is InChI=1S/C41H42N6O7S/c1-23-20-27(14-15-30(23)43-37(50)26-12-13-26)36-24(2)55-41(46-36)45-34(49)22-25-8-6-9-28(21-25)54-19-5-3-4-18-42-31-11-7-10-29-35(31)40(53)47(39(29)52)32-16-17-33(48)44-38(32)51/h6-11,14-15,20-21,26,32,42H,3-5,12-13,16-19,22H2,1-2H3,(H,43,50)(H,44,48,51)(H,45,46,49). The highest BCUT2D eigenvalue weighted by Gasteiger charge is 2.45. The molecular weight excluding hydrogens is 721 g/mol. The van der Waals surface area contributed by atoms with Crippen LogP contribution in [0.25, 0.3) is 11.3 Å². The van der Waals surface area contributed by atoms with E-state index in [1.807, 2.05) is 56.3 Å². The van der Waals surface area contributed by atoms with Gasteiger partial charge in [-0.2, -0.15) is 0 Å². The Morgan fingerprint density at radius 2 is 1.73 bits per heavy atom. The first-order valence-electron chi connectivity index (χ1n) is 18.5. The lowest BCUT2D eigenvalue weighted by molar-refractivity contribution is -0.136. The average Bonchev–Trinajstić information content (AvgIpc) is 3.90. The largest absolute Gasteiger partial charge is 0.494 e. The molecule has 14 heteroatoms. The molecule has 3 heterocycles. The number of fused-ring (bicyclic) bond motifs is 1. The van der Waals surface area contributed by atoms with Gasteiger partial charge in [0.25, 0.3) is 11.8 Å². The minimum absolute atomic E-state index is 0.0677. The maximum atomic E-state index is 13.3. The summed E-state index contributed by atoms with van der Waals surface area (Å²) in [6, 6.07) is 17.3. The molecule has 284 valence electrons. The summed E-state index contributed by atoms with van der Waals surface area (Å²) >= 11 is 1.42. The van der Waals surface area contributed by atoms with Crippen LogP contribution in [0.5, 0.6) is 5.75 Å². The summed E-state index contributed by atoms with van der Waals surface area (Å²) in [5, 5.41) is 12.0. The van der Waals surface area contributed by atoms with E-state index in [2.05, 4.69) is 21.3 Å². The zero-order valence-corrected chi connectivity index (χ0v) is 31.5. The number of anilines is 3. The topological polar surface area (TPSA) is 176 Å². The summed E-state index contributed by atoms with van der Waals surface area (Å²) in [5.41, 5.74) is 5.30. The third kappa shape index (κ3) is 8.59. The lowest BCUT2D eigenvalue weighted by atomic mass is 10.0. The van der Waals surface area contributed by atoms with E-state index in [-0.39, 0.29) is 48.1 Å². The average molecular weight is 763 g/mol. The van der Waals surface area contributed by atoms with E-state index in [4.69, 9.17) is 9.72 Å². The van der Waals surface area contributed by atoms with Crippen LogP contribution >= 0.6 is 11.3 Å². The fourth-order valence-electron chi connectivity index (χ4n) is 6.82. The second kappa shape index (κ2) is 16.2. The zero-order valence-electron chi connectivity index (χ0n) is 30.7. The molecule has 7 rings (SSSR count). The second-order valence-corrected chi connectivity index (χ2v) is 15.3. The summed E-state index contributed by atoms with van der Waals surface area (Å²) in [4.78, 5) is 82.2. The molecular formula is C41H42N6O7S. The van der Waals surface area contributed by atoms with Gasteiger partial charge in [-0.15, -0.1) is 11.3 Å². The molecule has 1 aromatic heterocycles. The van der Waals surface area contributed by atoms with E-state index in [0.717, 1.165) is 70.0 Å². The number of nitrogens with zero attached hydrogens (tertiary/aromatic N) is 2. The van der Waals surface area contributed by atoms with Gasteiger partial charge >= 0.3 is 0 Å². The van der Waals surface area contributed by atoms with Crippen LogP contribution in [0.3, 0.4) is 0 Å². The Hall–Kier alpha value is -5.89. The molecule has 6 amide bonds. The molecule has 1 atom stereocenters. The van der Waals surface area contributed by atoms with Gasteiger partial charge in [0.05, 0.1) is 29.8 Å². The van der Waals surface area contributed by atoms with E-state index in [1.165, 1.54) is 11.3 Å². The summed E-state index contributed by atoms with van der Waals surface area (Å²) in [7, 11) is 0.